The average Bonchev–Trinajstić information content (AvgIpc) is 2.75. The Kier molecular flexibility index (Phi) is 8.37. The molecule has 0 aromatic heterocycles. The number of halogens is 1. The van der Waals surface area contributed by atoms with Gasteiger partial charge in [0.15, 0.2) is 0 Å². The first-order valence-corrected chi connectivity index (χ1v) is 11.4. The normalized spacial score (nSPS) is 11.0. The van der Waals surface area contributed by atoms with Crippen molar-refractivity contribution in [2.24, 2.45) is 0 Å². The summed E-state index contributed by atoms with van der Waals surface area (Å²) < 4.78 is 14.8. The molecule has 0 heterocycles. The maximum absolute atomic E-state index is 14.8. The third-order valence-electron chi connectivity index (χ3n) is 5.46. The molecule has 0 radical (unpaired) electrons. The quantitative estimate of drug-likeness (QED) is 0.255. The van der Waals surface area contributed by atoms with Crippen LogP contribution in [0, 0.1) is 5.82 Å². The Morgan fingerprint density at radius 2 is 1.21 bits per heavy atom. The van der Waals surface area contributed by atoms with Crippen molar-refractivity contribution in [1.29, 1.82) is 0 Å². The summed E-state index contributed by atoms with van der Waals surface area (Å²) in [4.78, 5) is 0. The van der Waals surface area contributed by atoms with Crippen LogP contribution in [0.1, 0.15) is 50.2 Å². The number of hydrogen-bond donors (Lipinski definition) is 1. The molecule has 0 atom stereocenters. The lowest BCUT2D eigenvalue weighted by Gasteiger charge is -2.09. The minimum Gasteiger partial charge on any atom is -0.206 e. The van der Waals surface area contributed by atoms with Gasteiger partial charge >= 0.3 is 0 Å². The highest BCUT2D eigenvalue weighted by atomic mass is 32.1. The van der Waals surface area contributed by atoms with Gasteiger partial charge in [-0.3, -0.25) is 0 Å². The van der Waals surface area contributed by atoms with Crippen LogP contribution in [0.25, 0.3) is 22.3 Å². The number of aryl methyl sites for hydroxylation is 2. The van der Waals surface area contributed by atoms with Gasteiger partial charge < -0.3 is 0 Å². The Bertz CT molecular complexity index is 881. The molecule has 0 amide bonds. The number of rotatable bonds is 10. The van der Waals surface area contributed by atoms with E-state index in [9.17, 15) is 4.39 Å². The Hall–Kier alpha value is -2.06. The van der Waals surface area contributed by atoms with Crippen LogP contribution in [0.15, 0.2) is 66.7 Å². The van der Waals surface area contributed by atoms with Gasteiger partial charge in [0.05, 0.1) is 0 Å². The molecule has 3 aromatic carbocycles. The summed E-state index contributed by atoms with van der Waals surface area (Å²) in [5.74, 6) is 0.759. The summed E-state index contributed by atoms with van der Waals surface area (Å²) in [7, 11) is 0. The molecule has 3 aromatic rings. The van der Waals surface area contributed by atoms with Crippen molar-refractivity contribution in [2.75, 3.05) is 5.75 Å². The number of thiol groups is 1. The summed E-state index contributed by atoms with van der Waals surface area (Å²) in [6.45, 7) is 2.22. The van der Waals surface area contributed by atoms with Crippen molar-refractivity contribution in [3.8, 4) is 22.3 Å². The minimum absolute atomic E-state index is 0.169. The third kappa shape index (κ3) is 6.21. The minimum atomic E-state index is -0.169. The Morgan fingerprint density at radius 1 is 0.655 bits per heavy atom. The molecular formula is C27H31FS. The molecular weight excluding hydrogens is 375 g/mol. The Labute approximate surface area is 180 Å². The number of benzene rings is 3. The SMILES string of the molecule is CCCCCc1ccc(-c2ccc(-c3ccc(CCCCS)cc3)c(F)c2)cc1. The zero-order valence-electron chi connectivity index (χ0n) is 17.3. The van der Waals surface area contributed by atoms with Gasteiger partial charge in [-0.25, -0.2) is 4.39 Å². The standard InChI is InChI=1S/C27H31FS/c1-2-3-4-7-21-9-13-23(14-10-21)25-17-18-26(27(28)20-25)24-15-11-22(12-16-24)8-5-6-19-29/h9-18,20,29H,2-8,19H2,1H3. The summed E-state index contributed by atoms with van der Waals surface area (Å²) in [6, 6.07) is 22.4. The van der Waals surface area contributed by atoms with Gasteiger partial charge in [0, 0.05) is 5.56 Å². The maximum Gasteiger partial charge on any atom is 0.131 e. The van der Waals surface area contributed by atoms with Crippen LogP contribution in [-0.2, 0) is 12.8 Å². The zero-order chi connectivity index (χ0) is 20.5. The van der Waals surface area contributed by atoms with E-state index in [0.717, 1.165) is 48.1 Å². The fourth-order valence-electron chi connectivity index (χ4n) is 3.66. The first-order valence-electron chi connectivity index (χ1n) is 10.8. The smallest absolute Gasteiger partial charge is 0.131 e. The molecule has 0 fully saturated rings. The number of hydrogen-bond acceptors (Lipinski definition) is 1. The van der Waals surface area contributed by atoms with Crippen molar-refractivity contribution >= 4 is 12.6 Å². The second-order valence-corrected chi connectivity index (χ2v) is 8.17. The van der Waals surface area contributed by atoms with E-state index in [-0.39, 0.29) is 5.82 Å². The van der Waals surface area contributed by atoms with Crippen LogP contribution < -0.4 is 0 Å². The second-order valence-electron chi connectivity index (χ2n) is 7.73. The van der Waals surface area contributed by atoms with Crippen molar-refractivity contribution < 1.29 is 4.39 Å². The van der Waals surface area contributed by atoms with Crippen LogP contribution in [0.5, 0.6) is 0 Å². The first kappa shape index (κ1) is 21.6. The lowest BCUT2D eigenvalue weighted by atomic mass is 9.97. The van der Waals surface area contributed by atoms with Crippen LogP contribution in [0.4, 0.5) is 4.39 Å². The fraction of sp³-hybridized carbons (Fsp3) is 0.333. The van der Waals surface area contributed by atoms with Crippen molar-refractivity contribution in [1.82, 2.24) is 0 Å². The van der Waals surface area contributed by atoms with E-state index in [4.69, 9.17) is 0 Å². The van der Waals surface area contributed by atoms with Gasteiger partial charge in [0.1, 0.15) is 5.82 Å². The summed E-state index contributed by atoms with van der Waals surface area (Å²) in [5.41, 5.74) is 6.23. The lowest BCUT2D eigenvalue weighted by Crippen LogP contribution is -1.90. The van der Waals surface area contributed by atoms with Gasteiger partial charge in [-0.05, 0) is 71.7 Å². The van der Waals surface area contributed by atoms with Crippen LogP contribution >= 0.6 is 12.6 Å². The molecule has 0 nitrogen and oxygen atoms in total. The van der Waals surface area contributed by atoms with E-state index in [1.54, 1.807) is 6.07 Å². The highest BCUT2D eigenvalue weighted by Crippen LogP contribution is 2.29. The van der Waals surface area contributed by atoms with E-state index >= 15 is 0 Å². The molecule has 0 aliphatic rings. The van der Waals surface area contributed by atoms with E-state index in [1.165, 1.54) is 30.4 Å². The third-order valence-corrected chi connectivity index (χ3v) is 5.78. The van der Waals surface area contributed by atoms with Crippen LogP contribution in [0.2, 0.25) is 0 Å². The van der Waals surface area contributed by atoms with E-state index < -0.39 is 0 Å². The monoisotopic (exact) mass is 406 g/mol. The largest absolute Gasteiger partial charge is 0.206 e. The van der Waals surface area contributed by atoms with Gasteiger partial charge in [-0.15, -0.1) is 0 Å². The lowest BCUT2D eigenvalue weighted by molar-refractivity contribution is 0.632. The number of unbranched alkanes of at least 4 members (excludes halogenated alkanes) is 3. The zero-order valence-corrected chi connectivity index (χ0v) is 18.2. The molecule has 29 heavy (non-hydrogen) atoms. The van der Waals surface area contributed by atoms with Crippen molar-refractivity contribution in [2.45, 2.75) is 51.9 Å². The van der Waals surface area contributed by atoms with Crippen molar-refractivity contribution in [3.05, 3.63) is 83.7 Å². The molecule has 2 heteroatoms. The molecule has 0 N–H and O–H groups in total. The van der Waals surface area contributed by atoms with Gasteiger partial charge in [-0.2, -0.15) is 12.6 Å². The highest BCUT2D eigenvalue weighted by molar-refractivity contribution is 7.80. The van der Waals surface area contributed by atoms with E-state index in [2.05, 4.69) is 56.0 Å². The van der Waals surface area contributed by atoms with Gasteiger partial charge in [-0.1, -0.05) is 80.4 Å². The molecule has 0 unspecified atom stereocenters. The van der Waals surface area contributed by atoms with Crippen LogP contribution in [0.3, 0.4) is 0 Å². The Morgan fingerprint density at radius 3 is 1.76 bits per heavy atom. The summed E-state index contributed by atoms with van der Waals surface area (Å²) >= 11 is 4.26. The molecule has 0 bridgehead atoms. The molecule has 0 spiro atoms. The average molecular weight is 407 g/mol. The topological polar surface area (TPSA) is 0 Å². The first-order chi connectivity index (χ1) is 14.2. The molecule has 0 saturated heterocycles. The molecule has 152 valence electrons. The molecule has 0 aliphatic heterocycles. The maximum atomic E-state index is 14.8. The molecule has 0 aliphatic carbocycles. The highest BCUT2D eigenvalue weighted by Gasteiger charge is 2.08. The van der Waals surface area contributed by atoms with Crippen molar-refractivity contribution in [3.63, 3.8) is 0 Å². The van der Waals surface area contributed by atoms with E-state index in [1.807, 2.05) is 24.3 Å². The Balaban J connectivity index is 1.70. The fourth-order valence-corrected chi connectivity index (χ4v) is 3.89. The molecule has 3 rings (SSSR count). The summed E-state index contributed by atoms with van der Waals surface area (Å²) in [6.07, 6.45) is 8.17. The van der Waals surface area contributed by atoms with Gasteiger partial charge in [0.25, 0.3) is 0 Å². The predicted octanol–water partition coefficient (Wildman–Crippen LogP) is 8.14. The van der Waals surface area contributed by atoms with E-state index in [0.29, 0.717) is 5.56 Å². The van der Waals surface area contributed by atoms with Crippen LogP contribution in [-0.4, -0.2) is 5.75 Å². The molecule has 0 saturated carbocycles. The second kappa shape index (κ2) is 11.2. The van der Waals surface area contributed by atoms with Gasteiger partial charge in [0.2, 0.25) is 0 Å². The summed E-state index contributed by atoms with van der Waals surface area (Å²) in [5, 5.41) is 0. The predicted molar refractivity (Wildman–Crippen MR) is 127 cm³/mol.